The highest BCUT2D eigenvalue weighted by Gasteiger charge is 2.48. The summed E-state index contributed by atoms with van der Waals surface area (Å²) in [5.41, 5.74) is 2.34. The molecule has 8 nitrogen and oxygen atoms in total. The Kier molecular flexibility index (Phi) is 7.07. The van der Waals surface area contributed by atoms with Gasteiger partial charge in [-0.15, -0.1) is 0 Å². The Morgan fingerprint density at radius 1 is 1.14 bits per heavy atom. The van der Waals surface area contributed by atoms with Crippen LogP contribution in [0.3, 0.4) is 0 Å². The summed E-state index contributed by atoms with van der Waals surface area (Å²) in [6, 6.07) is 5.82. The number of carbonyl (C=O) groups excluding carboxylic acids is 1. The fraction of sp³-hybridized carbons (Fsp3) is 0.692. The summed E-state index contributed by atoms with van der Waals surface area (Å²) in [4.78, 5) is 19.5. The predicted octanol–water partition coefficient (Wildman–Crippen LogP) is 3.76. The molecular weight excluding hydrogens is 462 g/mol. The van der Waals surface area contributed by atoms with Crippen molar-refractivity contribution in [2.75, 3.05) is 37.2 Å². The summed E-state index contributed by atoms with van der Waals surface area (Å²) in [5.74, 6) is 1.21. The molecule has 0 unspecified atom stereocenters. The van der Waals surface area contributed by atoms with E-state index in [1.54, 1.807) is 4.31 Å². The van der Waals surface area contributed by atoms with E-state index < -0.39 is 10.0 Å². The van der Waals surface area contributed by atoms with Gasteiger partial charge in [-0.3, -0.25) is 9.69 Å². The number of imidazole rings is 1. The molecular formula is C26H41N5O3S. The molecule has 1 spiro atoms. The molecule has 0 atom stereocenters. The van der Waals surface area contributed by atoms with Gasteiger partial charge in [-0.25, -0.2) is 13.4 Å². The maximum atomic E-state index is 13.2. The first kappa shape index (κ1) is 26.1. The Morgan fingerprint density at radius 3 is 2.49 bits per heavy atom. The number of nitrogens with one attached hydrogen (secondary N) is 1. The second-order valence-corrected chi connectivity index (χ2v) is 13.7. The quantitative estimate of drug-likeness (QED) is 0.649. The van der Waals surface area contributed by atoms with Crippen molar-refractivity contribution in [1.29, 1.82) is 0 Å². The molecule has 0 aliphatic carbocycles. The van der Waals surface area contributed by atoms with Crippen LogP contribution in [0.15, 0.2) is 18.2 Å². The van der Waals surface area contributed by atoms with Gasteiger partial charge in [-0.05, 0) is 89.1 Å². The largest absolute Gasteiger partial charge is 0.331 e. The molecule has 1 N–H and O–H groups in total. The molecule has 2 fully saturated rings. The number of rotatable bonds is 6. The summed E-state index contributed by atoms with van der Waals surface area (Å²) in [5, 5.41) is 3.02. The summed E-state index contributed by atoms with van der Waals surface area (Å²) < 4.78 is 30.2. The number of sulfonamides is 1. The SMILES string of the molecule is Cc1nc2cc(NC(=O)CN3CCC4(CC3)CCC(C)(C)N(S(=O)(=O)CC(C)C)C4)ccc2n1C. The molecule has 1 amide bonds. The molecule has 2 aromatic rings. The van der Waals surface area contributed by atoms with Crippen molar-refractivity contribution in [3.05, 3.63) is 24.0 Å². The van der Waals surface area contributed by atoms with E-state index in [1.807, 2.05) is 50.6 Å². The van der Waals surface area contributed by atoms with Gasteiger partial charge in [0.15, 0.2) is 0 Å². The van der Waals surface area contributed by atoms with Crippen LogP contribution < -0.4 is 5.32 Å². The minimum absolute atomic E-state index is 0.00835. The van der Waals surface area contributed by atoms with Gasteiger partial charge in [0.05, 0.1) is 23.3 Å². The lowest BCUT2D eigenvalue weighted by molar-refractivity contribution is -0.118. The highest BCUT2D eigenvalue weighted by Crippen LogP contribution is 2.46. The van der Waals surface area contributed by atoms with Gasteiger partial charge >= 0.3 is 0 Å². The summed E-state index contributed by atoms with van der Waals surface area (Å²) >= 11 is 0. The maximum Gasteiger partial charge on any atom is 0.238 e. The summed E-state index contributed by atoms with van der Waals surface area (Å²) in [6.45, 7) is 12.6. The Morgan fingerprint density at radius 2 is 1.83 bits per heavy atom. The van der Waals surface area contributed by atoms with Crippen LogP contribution in [0.2, 0.25) is 0 Å². The first-order valence-corrected chi connectivity index (χ1v) is 14.4. The molecule has 0 radical (unpaired) electrons. The zero-order valence-corrected chi connectivity index (χ0v) is 22.9. The zero-order valence-electron chi connectivity index (χ0n) is 22.1. The average molecular weight is 504 g/mol. The third-order valence-electron chi connectivity index (χ3n) is 7.97. The number of nitrogens with zero attached hydrogens (tertiary/aromatic N) is 4. The predicted molar refractivity (Wildman–Crippen MR) is 141 cm³/mol. The lowest BCUT2D eigenvalue weighted by Crippen LogP contribution is -2.59. The average Bonchev–Trinajstić information content (AvgIpc) is 3.03. The minimum atomic E-state index is -3.30. The molecule has 3 heterocycles. The monoisotopic (exact) mass is 503 g/mol. The molecule has 1 aromatic carbocycles. The van der Waals surface area contributed by atoms with Crippen LogP contribution in [0.25, 0.3) is 11.0 Å². The van der Waals surface area contributed by atoms with Crippen molar-refractivity contribution in [3.63, 3.8) is 0 Å². The maximum absolute atomic E-state index is 13.2. The fourth-order valence-electron chi connectivity index (χ4n) is 5.67. The second kappa shape index (κ2) is 9.48. The van der Waals surface area contributed by atoms with E-state index in [-0.39, 0.29) is 28.5 Å². The molecule has 2 aliphatic heterocycles. The van der Waals surface area contributed by atoms with Crippen LogP contribution in [0.1, 0.15) is 59.2 Å². The molecule has 1 aromatic heterocycles. The fourth-order valence-corrected chi connectivity index (χ4v) is 8.01. The molecule has 0 bridgehead atoms. The van der Waals surface area contributed by atoms with Gasteiger partial charge in [0.25, 0.3) is 0 Å². The summed E-state index contributed by atoms with van der Waals surface area (Å²) in [7, 11) is -1.32. The van der Waals surface area contributed by atoms with Crippen LogP contribution in [0, 0.1) is 18.3 Å². The number of hydrogen-bond donors (Lipinski definition) is 1. The topological polar surface area (TPSA) is 87.5 Å². The van der Waals surface area contributed by atoms with E-state index in [1.165, 1.54) is 0 Å². The van der Waals surface area contributed by atoms with Gasteiger partial charge in [0.1, 0.15) is 5.82 Å². The number of fused-ring (bicyclic) bond motifs is 1. The van der Waals surface area contributed by atoms with Crippen molar-refractivity contribution >= 4 is 32.7 Å². The number of piperidine rings is 2. The highest BCUT2D eigenvalue weighted by molar-refractivity contribution is 7.89. The van der Waals surface area contributed by atoms with Crippen LogP contribution >= 0.6 is 0 Å². The van der Waals surface area contributed by atoms with E-state index in [2.05, 4.69) is 29.0 Å². The van der Waals surface area contributed by atoms with Crippen LogP contribution in [-0.4, -0.2) is 70.6 Å². The highest BCUT2D eigenvalue weighted by atomic mass is 32.2. The van der Waals surface area contributed by atoms with Gasteiger partial charge < -0.3 is 9.88 Å². The van der Waals surface area contributed by atoms with Crippen LogP contribution in [0.5, 0.6) is 0 Å². The Balaban J connectivity index is 1.35. The molecule has 194 valence electrons. The number of likely N-dealkylation sites (tertiary alicyclic amines) is 1. The van der Waals surface area contributed by atoms with Crippen molar-refractivity contribution in [3.8, 4) is 0 Å². The van der Waals surface area contributed by atoms with Crippen LogP contribution in [0.4, 0.5) is 5.69 Å². The van der Waals surface area contributed by atoms with Crippen molar-refractivity contribution in [2.24, 2.45) is 18.4 Å². The van der Waals surface area contributed by atoms with Gasteiger partial charge in [-0.2, -0.15) is 4.31 Å². The Bertz CT molecular complexity index is 1190. The van der Waals surface area contributed by atoms with Gasteiger partial charge in [0.2, 0.25) is 15.9 Å². The number of benzene rings is 1. The molecule has 35 heavy (non-hydrogen) atoms. The third-order valence-corrected chi connectivity index (χ3v) is 10.4. The standard InChI is InChI=1S/C26H41N5O3S/c1-19(2)17-35(33,34)31-18-26(10-9-25(31,4)5)11-13-30(14-12-26)16-24(32)28-21-7-8-23-22(15-21)27-20(3)29(23)6/h7-8,15,19H,9-14,16-18H2,1-6H3,(H,28,32). The number of carbonyl (C=O) groups is 1. The number of amides is 1. The van der Waals surface area contributed by atoms with Crippen molar-refractivity contribution in [1.82, 2.24) is 18.8 Å². The Hall–Kier alpha value is -1.97. The lowest BCUT2D eigenvalue weighted by Gasteiger charge is -2.53. The van der Waals surface area contributed by atoms with Crippen LogP contribution in [-0.2, 0) is 21.9 Å². The van der Waals surface area contributed by atoms with E-state index in [0.29, 0.717) is 13.1 Å². The first-order valence-electron chi connectivity index (χ1n) is 12.8. The van der Waals surface area contributed by atoms with E-state index in [4.69, 9.17) is 0 Å². The second-order valence-electron chi connectivity index (χ2n) is 11.7. The zero-order chi connectivity index (χ0) is 25.6. The van der Waals surface area contributed by atoms with Crippen molar-refractivity contribution in [2.45, 2.75) is 65.8 Å². The normalized spacial score (nSPS) is 21.1. The number of anilines is 1. The number of aryl methyl sites for hydroxylation is 2. The van der Waals surface area contributed by atoms with E-state index in [9.17, 15) is 13.2 Å². The molecule has 4 rings (SSSR count). The van der Waals surface area contributed by atoms with Crippen molar-refractivity contribution < 1.29 is 13.2 Å². The van der Waals surface area contributed by atoms with E-state index in [0.717, 1.165) is 61.3 Å². The molecule has 9 heteroatoms. The summed E-state index contributed by atoms with van der Waals surface area (Å²) in [6.07, 6.45) is 3.75. The number of aromatic nitrogens is 2. The van der Waals surface area contributed by atoms with E-state index >= 15 is 0 Å². The Labute approximate surface area is 210 Å². The van der Waals surface area contributed by atoms with Gasteiger partial charge in [-0.1, -0.05) is 13.8 Å². The third kappa shape index (κ3) is 5.57. The number of hydrogen-bond acceptors (Lipinski definition) is 5. The molecule has 2 aliphatic rings. The van der Waals surface area contributed by atoms with Gasteiger partial charge in [0, 0.05) is 24.8 Å². The smallest absolute Gasteiger partial charge is 0.238 e. The minimum Gasteiger partial charge on any atom is -0.331 e. The lowest BCUT2D eigenvalue weighted by atomic mass is 9.69. The first-order chi connectivity index (χ1) is 16.3. The molecule has 0 saturated carbocycles. The molecule has 2 saturated heterocycles.